The minimum atomic E-state index is -0.341. The second-order valence-electron chi connectivity index (χ2n) is 5.67. The van der Waals surface area contributed by atoms with Crippen LogP contribution < -0.4 is 0 Å². The Kier molecular flexibility index (Phi) is 15.7. The Morgan fingerprint density at radius 3 is 2.17 bits per heavy atom. The van der Waals surface area contributed by atoms with E-state index < -0.39 is 0 Å². The van der Waals surface area contributed by atoms with Crippen LogP contribution >= 0.6 is 11.6 Å². The fourth-order valence-corrected chi connectivity index (χ4v) is 2.31. The van der Waals surface area contributed by atoms with Gasteiger partial charge in [-0.1, -0.05) is 44.4 Å². The van der Waals surface area contributed by atoms with Crippen LogP contribution in [0.2, 0.25) is 0 Å². The quantitative estimate of drug-likeness (QED) is 0.169. The summed E-state index contributed by atoms with van der Waals surface area (Å²) in [6, 6.07) is 0. The Balaban J connectivity index is 3.53. The molecule has 0 aliphatic rings. The normalized spacial score (nSPS) is 11.5. The summed E-state index contributed by atoms with van der Waals surface area (Å²) in [5, 5.41) is 0. The highest BCUT2D eigenvalue weighted by molar-refractivity contribution is 6.17. The van der Waals surface area contributed by atoms with E-state index in [0.717, 1.165) is 31.6 Å². The van der Waals surface area contributed by atoms with Crippen molar-refractivity contribution in [3.63, 3.8) is 0 Å². The zero-order valence-corrected chi connectivity index (χ0v) is 15.4. The molecule has 0 aromatic carbocycles. The van der Waals surface area contributed by atoms with Gasteiger partial charge in [0.15, 0.2) is 0 Å². The summed E-state index contributed by atoms with van der Waals surface area (Å²) in [5.74, 6) is 0.149. The molecule has 0 saturated carbocycles. The van der Waals surface area contributed by atoms with Crippen LogP contribution in [0.15, 0.2) is 25.3 Å². The van der Waals surface area contributed by atoms with Crippen molar-refractivity contribution >= 4 is 23.5 Å². The van der Waals surface area contributed by atoms with Gasteiger partial charge in [0.05, 0.1) is 6.61 Å². The maximum absolute atomic E-state index is 11.6. The maximum Gasteiger partial charge on any atom is 0.306 e. The van der Waals surface area contributed by atoms with E-state index in [4.69, 9.17) is 21.1 Å². The second-order valence-corrected chi connectivity index (χ2v) is 6.05. The van der Waals surface area contributed by atoms with Crippen LogP contribution in [0, 0.1) is 0 Å². The topological polar surface area (TPSA) is 52.6 Å². The van der Waals surface area contributed by atoms with Gasteiger partial charge in [-0.2, -0.15) is 0 Å². The number of esters is 2. The first-order valence-electron chi connectivity index (χ1n) is 8.78. The third kappa shape index (κ3) is 14.3. The highest BCUT2D eigenvalue weighted by Gasteiger charge is 2.11. The van der Waals surface area contributed by atoms with E-state index in [0.29, 0.717) is 19.4 Å². The van der Waals surface area contributed by atoms with Gasteiger partial charge in [0.1, 0.15) is 6.10 Å². The van der Waals surface area contributed by atoms with Gasteiger partial charge >= 0.3 is 11.9 Å². The second kappa shape index (κ2) is 16.6. The van der Waals surface area contributed by atoms with Crippen LogP contribution in [0.3, 0.4) is 0 Å². The van der Waals surface area contributed by atoms with Gasteiger partial charge in [0.2, 0.25) is 0 Å². The summed E-state index contributed by atoms with van der Waals surface area (Å²) in [7, 11) is 0. The van der Waals surface area contributed by atoms with E-state index >= 15 is 0 Å². The standard InChI is InChI=1S/C19H31ClO4/c1-3-12-17(4-2)24-19(22)14-11-13-18(21)23-16-10-8-6-5-7-9-15-20/h3-4,17H,1-2,5-16H2. The first kappa shape index (κ1) is 22.7. The molecule has 0 bridgehead atoms. The summed E-state index contributed by atoms with van der Waals surface area (Å²) in [6.45, 7) is 7.66. The van der Waals surface area contributed by atoms with Crippen molar-refractivity contribution in [1.82, 2.24) is 0 Å². The van der Waals surface area contributed by atoms with E-state index in [1.165, 1.54) is 12.8 Å². The monoisotopic (exact) mass is 358 g/mol. The number of halogens is 1. The number of unbranched alkanes of at least 4 members (excludes halogenated alkanes) is 5. The largest absolute Gasteiger partial charge is 0.466 e. The van der Waals surface area contributed by atoms with E-state index in [2.05, 4.69) is 13.2 Å². The molecule has 0 aliphatic heterocycles. The SMILES string of the molecule is C=CCC(C=C)OC(=O)CCCC(=O)OCCCCCCCCCl. The lowest BCUT2D eigenvalue weighted by Gasteiger charge is -2.11. The molecule has 0 heterocycles. The van der Waals surface area contributed by atoms with Crippen LogP contribution in [0.4, 0.5) is 0 Å². The predicted molar refractivity (Wildman–Crippen MR) is 98.1 cm³/mol. The Morgan fingerprint density at radius 1 is 0.917 bits per heavy atom. The minimum absolute atomic E-state index is 0.206. The molecular weight excluding hydrogens is 328 g/mol. The molecule has 0 aromatic heterocycles. The smallest absolute Gasteiger partial charge is 0.306 e. The van der Waals surface area contributed by atoms with Gasteiger partial charge in [0.25, 0.3) is 0 Å². The average Bonchev–Trinajstić information content (AvgIpc) is 2.56. The molecule has 0 radical (unpaired) electrons. The van der Waals surface area contributed by atoms with Crippen molar-refractivity contribution in [3.05, 3.63) is 25.3 Å². The number of carbonyl (C=O) groups is 2. The summed E-state index contributed by atoms with van der Waals surface area (Å²) in [5.41, 5.74) is 0. The predicted octanol–water partition coefficient (Wildman–Crippen LogP) is 4.95. The molecule has 0 fully saturated rings. The number of ether oxygens (including phenoxy) is 2. The number of hydrogen-bond donors (Lipinski definition) is 0. The molecule has 138 valence electrons. The first-order valence-corrected chi connectivity index (χ1v) is 9.32. The van der Waals surface area contributed by atoms with Crippen molar-refractivity contribution in [2.75, 3.05) is 12.5 Å². The third-order valence-electron chi connectivity index (χ3n) is 3.50. The zero-order valence-electron chi connectivity index (χ0n) is 14.6. The minimum Gasteiger partial charge on any atom is -0.466 e. The molecule has 0 aromatic rings. The van der Waals surface area contributed by atoms with Gasteiger partial charge in [-0.05, 0) is 19.3 Å². The number of hydrogen-bond acceptors (Lipinski definition) is 4. The van der Waals surface area contributed by atoms with Crippen LogP contribution in [0.25, 0.3) is 0 Å². The van der Waals surface area contributed by atoms with E-state index in [-0.39, 0.29) is 30.9 Å². The fraction of sp³-hybridized carbons (Fsp3) is 0.684. The summed E-state index contributed by atoms with van der Waals surface area (Å²) >= 11 is 5.61. The van der Waals surface area contributed by atoms with Crippen molar-refractivity contribution in [2.45, 2.75) is 70.3 Å². The molecule has 1 atom stereocenters. The number of rotatable bonds is 16. The molecule has 1 unspecified atom stereocenters. The molecule has 4 nitrogen and oxygen atoms in total. The van der Waals surface area contributed by atoms with Crippen LogP contribution in [0.5, 0.6) is 0 Å². The van der Waals surface area contributed by atoms with Crippen LogP contribution in [-0.2, 0) is 19.1 Å². The molecular formula is C19H31ClO4. The van der Waals surface area contributed by atoms with Gasteiger partial charge in [0, 0.05) is 25.1 Å². The van der Waals surface area contributed by atoms with Crippen molar-refractivity contribution in [2.24, 2.45) is 0 Å². The molecule has 0 rings (SSSR count). The molecule has 0 amide bonds. The van der Waals surface area contributed by atoms with Crippen molar-refractivity contribution < 1.29 is 19.1 Å². The Labute approximate surface area is 151 Å². The number of carbonyl (C=O) groups excluding carboxylic acids is 2. The van der Waals surface area contributed by atoms with Crippen molar-refractivity contribution in [3.8, 4) is 0 Å². The lowest BCUT2D eigenvalue weighted by atomic mass is 10.1. The highest BCUT2D eigenvalue weighted by atomic mass is 35.5. The molecule has 0 aliphatic carbocycles. The van der Waals surface area contributed by atoms with Gasteiger partial charge in [-0.3, -0.25) is 9.59 Å². The summed E-state index contributed by atoms with van der Waals surface area (Å²) in [4.78, 5) is 23.2. The maximum atomic E-state index is 11.6. The zero-order chi connectivity index (χ0) is 18.0. The Morgan fingerprint density at radius 2 is 1.54 bits per heavy atom. The summed E-state index contributed by atoms with van der Waals surface area (Å²) < 4.78 is 10.3. The van der Waals surface area contributed by atoms with Crippen molar-refractivity contribution in [1.29, 1.82) is 0 Å². The van der Waals surface area contributed by atoms with E-state index in [1.807, 2.05) is 0 Å². The molecule has 0 N–H and O–H groups in total. The number of alkyl halides is 1. The van der Waals surface area contributed by atoms with Gasteiger partial charge in [-0.15, -0.1) is 18.2 Å². The molecule has 5 heteroatoms. The molecule has 0 spiro atoms. The molecule has 0 saturated heterocycles. The molecule has 24 heavy (non-hydrogen) atoms. The van der Waals surface area contributed by atoms with Gasteiger partial charge < -0.3 is 9.47 Å². The van der Waals surface area contributed by atoms with E-state index in [9.17, 15) is 9.59 Å². The third-order valence-corrected chi connectivity index (χ3v) is 3.76. The highest BCUT2D eigenvalue weighted by Crippen LogP contribution is 2.08. The van der Waals surface area contributed by atoms with E-state index in [1.54, 1.807) is 12.2 Å². The Hall–Kier alpha value is -1.29. The fourth-order valence-electron chi connectivity index (χ4n) is 2.12. The van der Waals surface area contributed by atoms with Crippen LogP contribution in [-0.4, -0.2) is 30.5 Å². The first-order chi connectivity index (χ1) is 11.6. The van der Waals surface area contributed by atoms with Gasteiger partial charge in [-0.25, -0.2) is 0 Å². The summed E-state index contributed by atoms with van der Waals surface area (Å²) in [6.07, 6.45) is 10.9. The van der Waals surface area contributed by atoms with Crippen LogP contribution in [0.1, 0.15) is 64.2 Å². The lowest BCUT2D eigenvalue weighted by molar-refractivity contribution is -0.147. The Bertz CT molecular complexity index is 368. The average molecular weight is 359 g/mol. The lowest BCUT2D eigenvalue weighted by Crippen LogP contribution is -2.15.